The number of benzene rings is 1. The normalized spacial score (nSPS) is 10.8. The first-order valence-electron chi connectivity index (χ1n) is 6.45. The molecule has 2 N–H and O–H groups in total. The van der Waals surface area contributed by atoms with Gasteiger partial charge in [0.15, 0.2) is 0 Å². The van der Waals surface area contributed by atoms with Crippen molar-refractivity contribution in [1.82, 2.24) is 19.7 Å². The minimum absolute atomic E-state index is 0.250. The average Bonchev–Trinajstić information content (AvgIpc) is 2.79. The summed E-state index contributed by atoms with van der Waals surface area (Å²) in [6.07, 6.45) is 3.39. The van der Waals surface area contributed by atoms with Crippen LogP contribution in [0.1, 0.15) is 11.4 Å². The standard InChI is InChI=1S/C15H14ClN5/c1-9-5-10(2)21(20-9)14-6-12(16)3-4-13(14)11-7-18-15(17)19-8-11/h3-8H,1-2H3,(H2,17,18,19). The van der Waals surface area contributed by atoms with E-state index in [-0.39, 0.29) is 5.95 Å². The second-order valence-corrected chi connectivity index (χ2v) is 5.27. The zero-order chi connectivity index (χ0) is 15.0. The number of nitrogen functional groups attached to an aromatic ring is 1. The van der Waals surface area contributed by atoms with E-state index in [4.69, 9.17) is 17.3 Å². The molecule has 6 heteroatoms. The summed E-state index contributed by atoms with van der Waals surface area (Å²) < 4.78 is 1.87. The number of rotatable bonds is 2. The Bertz CT molecular complexity index is 792. The molecule has 1 aromatic carbocycles. The lowest BCUT2D eigenvalue weighted by atomic mass is 10.1. The summed E-state index contributed by atoms with van der Waals surface area (Å²) in [6, 6.07) is 7.67. The van der Waals surface area contributed by atoms with Crippen molar-refractivity contribution in [3.8, 4) is 16.8 Å². The van der Waals surface area contributed by atoms with Gasteiger partial charge in [-0.2, -0.15) is 5.10 Å². The summed E-state index contributed by atoms with van der Waals surface area (Å²) in [5, 5.41) is 5.17. The molecule has 0 fully saturated rings. The van der Waals surface area contributed by atoms with Gasteiger partial charge in [0, 0.05) is 34.2 Å². The number of hydrogen-bond donors (Lipinski definition) is 1. The van der Waals surface area contributed by atoms with Crippen molar-refractivity contribution in [2.75, 3.05) is 5.73 Å². The molecular weight excluding hydrogens is 286 g/mol. The number of nitrogens with zero attached hydrogens (tertiary/aromatic N) is 4. The highest BCUT2D eigenvalue weighted by atomic mass is 35.5. The minimum Gasteiger partial charge on any atom is -0.368 e. The topological polar surface area (TPSA) is 69.6 Å². The lowest BCUT2D eigenvalue weighted by Crippen LogP contribution is -2.02. The summed E-state index contributed by atoms with van der Waals surface area (Å²) in [6.45, 7) is 3.96. The number of aryl methyl sites for hydroxylation is 2. The number of hydrogen-bond acceptors (Lipinski definition) is 4. The molecule has 21 heavy (non-hydrogen) atoms. The lowest BCUT2D eigenvalue weighted by molar-refractivity contribution is 0.835. The molecule has 2 aromatic heterocycles. The predicted octanol–water partition coefficient (Wildman–Crippen LogP) is 3.18. The van der Waals surface area contributed by atoms with E-state index in [1.165, 1.54) is 0 Å². The van der Waals surface area contributed by atoms with Crippen LogP contribution in [0, 0.1) is 13.8 Å². The van der Waals surface area contributed by atoms with Gasteiger partial charge in [0.2, 0.25) is 5.95 Å². The second-order valence-electron chi connectivity index (χ2n) is 4.83. The smallest absolute Gasteiger partial charge is 0.219 e. The maximum absolute atomic E-state index is 6.15. The van der Waals surface area contributed by atoms with Crippen molar-refractivity contribution >= 4 is 17.5 Å². The fourth-order valence-corrected chi connectivity index (χ4v) is 2.44. The first-order valence-corrected chi connectivity index (χ1v) is 6.83. The van der Waals surface area contributed by atoms with Crippen LogP contribution >= 0.6 is 11.6 Å². The first-order chi connectivity index (χ1) is 10.0. The highest BCUT2D eigenvalue weighted by molar-refractivity contribution is 6.30. The maximum atomic E-state index is 6.15. The van der Waals surface area contributed by atoms with Gasteiger partial charge in [-0.15, -0.1) is 0 Å². The molecule has 3 aromatic rings. The monoisotopic (exact) mass is 299 g/mol. The molecule has 3 rings (SSSR count). The van der Waals surface area contributed by atoms with Crippen LogP contribution in [-0.2, 0) is 0 Å². The van der Waals surface area contributed by atoms with Gasteiger partial charge in [-0.1, -0.05) is 17.7 Å². The van der Waals surface area contributed by atoms with Crippen LogP contribution in [0.2, 0.25) is 5.02 Å². The largest absolute Gasteiger partial charge is 0.368 e. The third-order valence-electron chi connectivity index (χ3n) is 3.18. The maximum Gasteiger partial charge on any atom is 0.219 e. The van der Waals surface area contributed by atoms with Crippen molar-refractivity contribution in [3.05, 3.63) is 53.1 Å². The predicted molar refractivity (Wildman–Crippen MR) is 83.5 cm³/mol. The SMILES string of the molecule is Cc1cc(C)n(-c2cc(Cl)ccc2-c2cnc(N)nc2)n1. The van der Waals surface area contributed by atoms with Crippen molar-refractivity contribution < 1.29 is 0 Å². The van der Waals surface area contributed by atoms with E-state index >= 15 is 0 Å². The Morgan fingerprint density at radius 3 is 2.43 bits per heavy atom. The molecule has 0 unspecified atom stereocenters. The Morgan fingerprint density at radius 2 is 1.81 bits per heavy atom. The van der Waals surface area contributed by atoms with Gasteiger partial charge in [-0.3, -0.25) is 0 Å². The van der Waals surface area contributed by atoms with Crippen LogP contribution in [0.25, 0.3) is 16.8 Å². The van der Waals surface area contributed by atoms with Crippen LogP contribution in [0.15, 0.2) is 36.7 Å². The molecule has 0 aliphatic rings. The fourth-order valence-electron chi connectivity index (χ4n) is 2.27. The molecule has 2 heterocycles. The zero-order valence-electron chi connectivity index (χ0n) is 11.7. The van der Waals surface area contributed by atoms with E-state index in [2.05, 4.69) is 15.1 Å². The number of nitrogens with two attached hydrogens (primary N) is 1. The number of aromatic nitrogens is 4. The molecule has 5 nitrogen and oxygen atoms in total. The second kappa shape index (κ2) is 5.18. The van der Waals surface area contributed by atoms with E-state index in [1.54, 1.807) is 12.4 Å². The molecule has 0 spiro atoms. The molecule has 0 saturated carbocycles. The minimum atomic E-state index is 0.250. The molecule has 0 aliphatic carbocycles. The van der Waals surface area contributed by atoms with Gasteiger partial charge < -0.3 is 5.73 Å². The van der Waals surface area contributed by atoms with Gasteiger partial charge in [-0.25, -0.2) is 14.6 Å². The Balaban J connectivity index is 2.22. The Hall–Kier alpha value is -2.40. The Kier molecular flexibility index (Phi) is 3.35. The molecule has 106 valence electrons. The van der Waals surface area contributed by atoms with Gasteiger partial charge in [0.05, 0.1) is 11.4 Å². The molecular formula is C15H14ClN5. The van der Waals surface area contributed by atoms with Crippen molar-refractivity contribution in [1.29, 1.82) is 0 Å². The Labute approximate surface area is 127 Å². The Morgan fingerprint density at radius 1 is 1.10 bits per heavy atom. The van der Waals surface area contributed by atoms with E-state index < -0.39 is 0 Å². The quantitative estimate of drug-likeness (QED) is 0.789. The third-order valence-corrected chi connectivity index (χ3v) is 3.42. The zero-order valence-corrected chi connectivity index (χ0v) is 12.5. The fraction of sp³-hybridized carbons (Fsp3) is 0.133. The summed E-state index contributed by atoms with van der Waals surface area (Å²) in [7, 11) is 0. The van der Waals surface area contributed by atoms with Crippen molar-refractivity contribution in [2.45, 2.75) is 13.8 Å². The van der Waals surface area contributed by atoms with E-state index in [1.807, 2.05) is 42.8 Å². The van der Waals surface area contributed by atoms with Crippen molar-refractivity contribution in [2.24, 2.45) is 0 Å². The van der Waals surface area contributed by atoms with Crippen molar-refractivity contribution in [3.63, 3.8) is 0 Å². The van der Waals surface area contributed by atoms with Crippen LogP contribution in [-0.4, -0.2) is 19.7 Å². The third kappa shape index (κ3) is 2.60. The molecule has 0 aliphatic heterocycles. The molecule has 0 saturated heterocycles. The average molecular weight is 300 g/mol. The lowest BCUT2D eigenvalue weighted by Gasteiger charge is -2.12. The number of anilines is 1. The summed E-state index contributed by atoms with van der Waals surface area (Å²) in [5.74, 6) is 0.250. The summed E-state index contributed by atoms with van der Waals surface area (Å²) in [4.78, 5) is 8.09. The number of halogens is 1. The highest BCUT2D eigenvalue weighted by Gasteiger charge is 2.12. The molecule has 0 amide bonds. The van der Waals surface area contributed by atoms with Crippen LogP contribution in [0.4, 0.5) is 5.95 Å². The molecule has 0 bridgehead atoms. The van der Waals surface area contributed by atoms with Gasteiger partial charge in [0.1, 0.15) is 0 Å². The summed E-state index contributed by atoms with van der Waals surface area (Å²) >= 11 is 6.15. The molecule has 0 atom stereocenters. The van der Waals surface area contributed by atoms with Gasteiger partial charge >= 0.3 is 0 Å². The summed E-state index contributed by atoms with van der Waals surface area (Å²) in [5.41, 5.74) is 10.2. The van der Waals surface area contributed by atoms with Crippen LogP contribution in [0.5, 0.6) is 0 Å². The first kappa shape index (κ1) is 13.6. The van der Waals surface area contributed by atoms with E-state index in [9.17, 15) is 0 Å². The van der Waals surface area contributed by atoms with E-state index in [0.29, 0.717) is 5.02 Å². The highest BCUT2D eigenvalue weighted by Crippen LogP contribution is 2.29. The van der Waals surface area contributed by atoms with Crippen LogP contribution < -0.4 is 5.73 Å². The van der Waals surface area contributed by atoms with Crippen LogP contribution in [0.3, 0.4) is 0 Å². The molecule has 0 radical (unpaired) electrons. The van der Waals surface area contributed by atoms with Gasteiger partial charge in [-0.05, 0) is 32.0 Å². The van der Waals surface area contributed by atoms with Gasteiger partial charge in [0.25, 0.3) is 0 Å². The van der Waals surface area contributed by atoms with E-state index in [0.717, 1.165) is 28.2 Å².